The Morgan fingerprint density at radius 2 is 2.17 bits per heavy atom. The van der Waals surface area contributed by atoms with Gasteiger partial charge in [0.05, 0.1) is 29.3 Å². The van der Waals surface area contributed by atoms with Gasteiger partial charge in [-0.3, -0.25) is 4.79 Å². The summed E-state index contributed by atoms with van der Waals surface area (Å²) in [5.41, 5.74) is 0.893. The molecule has 1 aromatic carbocycles. The number of rotatable bonds is 3. The third kappa shape index (κ3) is 3.93. The molecule has 1 aromatic heterocycles. The van der Waals surface area contributed by atoms with Crippen molar-refractivity contribution in [3.05, 3.63) is 62.5 Å². The van der Waals surface area contributed by atoms with Gasteiger partial charge in [0, 0.05) is 31.3 Å². The lowest BCUT2D eigenvalue weighted by molar-refractivity contribution is 0.0364. The van der Waals surface area contributed by atoms with E-state index < -0.39 is 0 Å². The Balaban J connectivity index is 1.89. The normalized spacial score (nSPS) is 21.8. The minimum absolute atomic E-state index is 0.0566. The molecule has 2 aromatic rings. The number of nitrogens with zero attached hydrogens (tertiary/aromatic N) is 2. The van der Waals surface area contributed by atoms with Gasteiger partial charge in [-0.25, -0.2) is 4.68 Å². The van der Waals surface area contributed by atoms with Gasteiger partial charge in [-0.15, -0.1) is 0 Å². The topological polar surface area (TPSA) is 56.2 Å². The zero-order chi connectivity index (χ0) is 16.2. The van der Waals surface area contributed by atoms with E-state index in [4.69, 9.17) is 27.9 Å². The molecule has 2 atom stereocenters. The average molecular weight is 354 g/mol. The van der Waals surface area contributed by atoms with Crippen molar-refractivity contribution in [1.82, 2.24) is 15.1 Å². The molecule has 0 spiro atoms. The summed E-state index contributed by atoms with van der Waals surface area (Å²) >= 11 is 12.2. The fraction of sp³-hybridized carbons (Fsp3) is 0.375. The van der Waals surface area contributed by atoms with Crippen molar-refractivity contribution in [3.63, 3.8) is 0 Å². The number of ether oxygens (including phenoxy) is 1. The highest BCUT2D eigenvalue weighted by Crippen LogP contribution is 2.30. The van der Waals surface area contributed by atoms with E-state index >= 15 is 0 Å². The van der Waals surface area contributed by atoms with Crippen LogP contribution in [0, 0.1) is 0 Å². The summed E-state index contributed by atoms with van der Waals surface area (Å²) < 4.78 is 7.39. The Labute approximate surface area is 144 Å². The molecule has 0 amide bonds. The van der Waals surface area contributed by atoms with Crippen LogP contribution in [-0.4, -0.2) is 35.6 Å². The molecule has 23 heavy (non-hydrogen) atoms. The zero-order valence-electron chi connectivity index (χ0n) is 12.4. The first-order valence-corrected chi connectivity index (χ1v) is 8.20. The van der Waals surface area contributed by atoms with Gasteiger partial charge in [0.2, 0.25) is 0 Å². The fourth-order valence-corrected chi connectivity index (χ4v) is 3.04. The van der Waals surface area contributed by atoms with Crippen LogP contribution in [0.5, 0.6) is 0 Å². The summed E-state index contributed by atoms with van der Waals surface area (Å²) in [6, 6.07) is 8.72. The molecule has 0 bridgehead atoms. The maximum absolute atomic E-state index is 11.9. The molecule has 0 radical (unpaired) electrons. The minimum Gasteiger partial charge on any atom is -0.374 e. The predicted octanol–water partition coefficient (Wildman–Crippen LogP) is 2.32. The summed E-state index contributed by atoms with van der Waals surface area (Å²) in [4.78, 5) is 11.9. The summed E-state index contributed by atoms with van der Waals surface area (Å²) in [7, 11) is 0. The van der Waals surface area contributed by atoms with Crippen LogP contribution >= 0.6 is 23.2 Å². The lowest BCUT2D eigenvalue weighted by Crippen LogP contribution is -2.35. The van der Waals surface area contributed by atoms with E-state index in [1.165, 1.54) is 10.7 Å². The molecule has 0 saturated carbocycles. The summed E-state index contributed by atoms with van der Waals surface area (Å²) in [6.07, 6.45) is 1.43. The molecule has 1 saturated heterocycles. The van der Waals surface area contributed by atoms with Gasteiger partial charge >= 0.3 is 0 Å². The minimum atomic E-state index is -0.171. The van der Waals surface area contributed by atoms with Gasteiger partial charge in [-0.1, -0.05) is 29.3 Å². The van der Waals surface area contributed by atoms with Crippen LogP contribution in [0.25, 0.3) is 0 Å². The molecule has 1 fully saturated rings. The van der Waals surface area contributed by atoms with Gasteiger partial charge in [0.1, 0.15) is 0 Å². The van der Waals surface area contributed by atoms with Gasteiger partial charge in [0.15, 0.2) is 0 Å². The highest BCUT2D eigenvalue weighted by Gasteiger charge is 2.27. The Bertz CT molecular complexity index is 735. The molecule has 3 rings (SSSR count). The third-order valence-electron chi connectivity index (χ3n) is 3.93. The van der Waals surface area contributed by atoms with E-state index in [-0.39, 0.29) is 17.6 Å². The zero-order valence-corrected chi connectivity index (χ0v) is 13.9. The Morgan fingerprint density at radius 1 is 1.30 bits per heavy atom. The highest BCUT2D eigenvalue weighted by atomic mass is 35.5. The van der Waals surface area contributed by atoms with Crippen molar-refractivity contribution in [3.8, 4) is 0 Å². The van der Waals surface area contributed by atoms with Crippen LogP contribution < -0.4 is 10.9 Å². The Kier molecular flexibility index (Phi) is 5.33. The first-order valence-electron chi connectivity index (χ1n) is 7.44. The second kappa shape index (κ2) is 7.45. The van der Waals surface area contributed by atoms with E-state index in [1.807, 2.05) is 12.1 Å². The first kappa shape index (κ1) is 16.5. The molecule has 1 N–H and O–H groups in total. The molecule has 122 valence electrons. The standard InChI is InChI=1S/C16H17Cl2N3O2/c17-13-4-3-11(8-14(13)18)12-9-19-6-7-23-15(12)10-21-16(22)2-1-5-20-21/h1-5,8,12,15,19H,6-7,9-10H2. The molecule has 2 unspecified atom stereocenters. The van der Waals surface area contributed by atoms with Gasteiger partial charge < -0.3 is 10.1 Å². The van der Waals surface area contributed by atoms with Crippen molar-refractivity contribution in [1.29, 1.82) is 0 Å². The summed E-state index contributed by atoms with van der Waals surface area (Å²) in [5, 5.41) is 8.51. The predicted molar refractivity (Wildman–Crippen MR) is 90.3 cm³/mol. The average Bonchev–Trinajstić information content (AvgIpc) is 2.78. The summed E-state index contributed by atoms with van der Waals surface area (Å²) in [5.74, 6) is 0.0566. The van der Waals surface area contributed by atoms with Crippen molar-refractivity contribution in [2.45, 2.75) is 18.6 Å². The number of hydrogen-bond donors (Lipinski definition) is 1. The molecule has 5 nitrogen and oxygen atoms in total. The maximum atomic E-state index is 11.9. The van der Waals surface area contributed by atoms with Crippen molar-refractivity contribution >= 4 is 23.2 Å². The number of benzene rings is 1. The van der Waals surface area contributed by atoms with Crippen LogP contribution in [-0.2, 0) is 11.3 Å². The Hall–Kier alpha value is -1.40. The molecular formula is C16H17Cl2N3O2. The number of hydrogen-bond acceptors (Lipinski definition) is 4. The third-order valence-corrected chi connectivity index (χ3v) is 4.67. The molecule has 0 aliphatic carbocycles. The summed E-state index contributed by atoms with van der Waals surface area (Å²) in [6.45, 7) is 2.49. The highest BCUT2D eigenvalue weighted by molar-refractivity contribution is 6.42. The number of halogens is 2. The molecule has 1 aliphatic heterocycles. The quantitative estimate of drug-likeness (QED) is 0.919. The molecular weight excluding hydrogens is 337 g/mol. The second-order valence-corrected chi connectivity index (χ2v) is 6.25. The fourth-order valence-electron chi connectivity index (χ4n) is 2.74. The molecule has 1 aliphatic rings. The van der Waals surface area contributed by atoms with Crippen LogP contribution in [0.15, 0.2) is 41.3 Å². The first-order chi connectivity index (χ1) is 11.1. The Morgan fingerprint density at radius 3 is 2.96 bits per heavy atom. The van der Waals surface area contributed by atoms with E-state index in [9.17, 15) is 4.79 Å². The van der Waals surface area contributed by atoms with Crippen LogP contribution in [0.3, 0.4) is 0 Å². The smallest absolute Gasteiger partial charge is 0.266 e. The number of nitrogens with one attached hydrogen (secondary N) is 1. The van der Waals surface area contributed by atoms with Gasteiger partial charge in [-0.2, -0.15) is 5.10 Å². The van der Waals surface area contributed by atoms with Crippen molar-refractivity contribution < 1.29 is 4.74 Å². The lowest BCUT2D eigenvalue weighted by atomic mass is 9.93. The van der Waals surface area contributed by atoms with E-state index in [0.29, 0.717) is 23.2 Å². The molecule has 7 heteroatoms. The maximum Gasteiger partial charge on any atom is 0.266 e. The van der Waals surface area contributed by atoms with Crippen LogP contribution in [0.2, 0.25) is 10.0 Å². The largest absolute Gasteiger partial charge is 0.374 e. The molecule has 2 heterocycles. The second-order valence-electron chi connectivity index (χ2n) is 5.44. The van der Waals surface area contributed by atoms with E-state index in [2.05, 4.69) is 10.4 Å². The lowest BCUT2D eigenvalue weighted by Gasteiger charge is -2.25. The van der Waals surface area contributed by atoms with Crippen molar-refractivity contribution in [2.24, 2.45) is 0 Å². The SMILES string of the molecule is O=c1cccnn1CC1OCCNCC1c1ccc(Cl)c(Cl)c1. The van der Waals surface area contributed by atoms with Crippen LogP contribution in [0.1, 0.15) is 11.5 Å². The van der Waals surface area contributed by atoms with Gasteiger partial charge in [0.25, 0.3) is 5.56 Å². The van der Waals surface area contributed by atoms with Crippen LogP contribution in [0.4, 0.5) is 0 Å². The number of aromatic nitrogens is 2. The van der Waals surface area contributed by atoms with E-state index in [0.717, 1.165) is 18.7 Å². The van der Waals surface area contributed by atoms with Crippen molar-refractivity contribution in [2.75, 3.05) is 19.7 Å². The van der Waals surface area contributed by atoms with Gasteiger partial charge in [-0.05, 0) is 23.8 Å². The van der Waals surface area contributed by atoms with E-state index in [1.54, 1.807) is 18.3 Å². The monoisotopic (exact) mass is 353 g/mol.